The van der Waals surface area contributed by atoms with Crippen LogP contribution in [0.3, 0.4) is 0 Å². The van der Waals surface area contributed by atoms with Gasteiger partial charge in [-0.05, 0) is 29.1 Å². The van der Waals surface area contributed by atoms with Gasteiger partial charge >= 0.3 is 6.18 Å². The number of nitrogen functional groups attached to an aromatic ring is 1. The third-order valence-corrected chi connectivity index (χ3v) is 3.08. The van der Waals surface area contributed by atoms with E-state index in [1.54, 1.807) is 0 Å². The fourth-order valence-corrected chi connectivity index (χ4v) is 2.14. The third kappa shape index (κ3) is 2.04. The van der Waals surface area contributed by atoms with Crippen molar-refractivity contribution in [1.82, 2.24) is 0 Å². The lowest BCUT2D eigenvalue weighted by Crippen LogP contribution is -2.08. The number of hydrogen-bond acceptors (Lipinski definition) is 2. The first-order valence-electron chi connectivity index (χ1n) is 4.49. The van der Waals surface area contributed by atoms with Crippen LogP contribution in [0.15, 0.2) is 35.7 Å². The van der Waals surface area contributed by atoms with Crippen LogP contribution >= 0.6 is 11.3 Å². The highest BCUT2D eigenvalue weighted by atomic mass is 32.1. The van der Waals surface area contributed by atoms with Crippen LogP contribution in [0.1, 0.15) is 5.56 Å². The summed E-state index contributed by atoms with van der Waals surface area (Å²) >= 11 is 1.46. The van der Waals surface area contributed by atoms with E-state index in [4.69, 9.17) is 5.73 Å². The second-order valence-corrected chi connectivity index (χ2v) is 4.22. The molecule has 0 aliphatic rings. The quantitative estimate of drug-likeness (QED) is 0.752. The van der Waals surface area contributed by atoms with Crippen LogP contribution < -0.4 is 5.73 Å². The molecule has 0 saturated carbocycles. The van der Waals surface area contributed by atoms with Crippen molar-refractivity contribution in [2.24, 2.45) is 0 Å². The summed E-state index contributed by atoms with van der Waals surface area (Å²) in [6.07, 6.45) is -4.39. The van der Waals surface area contributed by atoms with E-state index in [0.717, 1.165) is 10.9 Å². The van der Waals surface area contributed by atoms with Crippen molar-refractivity contribution in [3.63, 3.8) is 0 Å². The molecule has 1 heterocycles. The number of thiophene rings is 1. The second kappa shape index (κ2) is 3.83. The average molecular weight is 243 g/mol. The molecule has 0 aliphatic heterocycles. The maximum absolute atomic E-state index is 12.4. The first-order valence-corrected chi connectivity index (χ1v) is 5.37. The van der Waals surface area contributed by atoms with E-state index >= 15 is 0 Å². The van der Waals surface area contributed by atoms with Crippen LogP contribution in [0.4, 0.5) is 18.9 Å². The van der Waals surface area contributed by atoms with Gasteiger partial charge in [0.25, 0.3) is 0 Å². The van der Waals surface area contributed by atoms with Gasteiger partial charge in [-0.2, -0.15) is 13.2 Å². The van der Waals surface area contributed by atoms with Crippen LogP contribution in [0.2, 0.25) is 0 Å². The number of alkyl halides is 3. The predicted molar refractivity (Wildman–Crippen MR) is 59.2 cm³/mol. The van der Waals surface area contributed by atoms with Crippen molar-refractivity contribution in [3.8, 4) is 10.4 Å². The Hall–Kier alpha value is -1.49. The molecule has 2 aromatic rings. The van der Waals surface area contributed by atoms with Gasteiger partial charge < -0.3 is 5.73 Å². The molecule has 84 valence electrons. The number of halogens is 3. The number of benzene rings is 1. The molecule has 0 bridgehead atoms. The zero-order valence-corrected chi connectivity index (χ0v) is 8.90. The molecule has 1 aromatic heterocycles. The first-order chi connectivity index (χ1) is 7.48. The Balaban J connectivity index is 2.45. The zero-order valence-electron chi connectivity index (χ0n) is 8.08. The van der Waals surface area contributed by atoms with E-state index in [9.17, 15) is 13.2 Å². The molecule has 0 aliphatic carbocycles. The summed E-state index contributed by atoms with van der Waals surface area (Å²) in [4.78, 5) is 0.903. The van der Waals surface area contributed by atoms with Gasteiger partial charge in [-0.15, -0.1) is 11.3 Å². The van der Waals surface area contributed by atoms with E-state index in [2.05, 4.69) is 0 Å². The molecule has 0 radical (unpaired) electrons. The maximum Gasteiger partial charge on any atom is 0.418 e. The average Bonchev–Trinajstić information content (AvgIpc) is 2.68. The molecule has 0 atom stereocenters. The summed E-state index contributed by atoms with van der Waals surface area (Å²) in [5.41, 5.74) is 5.08. The van der Waals surface area contributed by atoms with Gasteiger partial charge in [-0.1, -0.05) is 12.1 Å². The summed E-state index contributed by atoms with van der Waals surface area (Å²) < 4.78 is 37.3. The molecule has 0 saturated heterocycles. The van der Waals surface area contributed by atoms with Gasteiger partial charge in [0.2, 0.25) is 0 Å². The SMILES string of the molecule is Nc1cc(-c2cccs2)ccc1C(F)(F)F. The largest absolute Gasteiger partial charge is 0.418 e. The van der Waals surface area contributed by atoms with Crippen molar-refractivity contribution < 1.29 is 13.2 Å². The van der Waals surface area contributed by atoms with E-state index in [1.807, 2.05) is 17.5 Å². The summed E-state index contributed by atoms with van der Waals surface area (Å²) in [6.45, 7) is 0. The Labute approximate surface area is 94.3 Å². The van der Waals surface area contributed by atoms with Crippen molar-refractivity contribution in [1.29, 1.82) is 0 Å². The van der Waals surface area contributed by atoms with Crippen LogP contribution in [0.5, 0.6) is 0 Å². The van der Waals surface area contributed by atoms with Crippen molar-refractivity contribution in [2.45, 2.75) is 6.18 Å². The lowest BCUT2D eigenvalue weighted by Gasteiger charge is -2.10. The number of hydrogen-bond donors (Lipinski definition) is 1. The van der Waals surface area contributed by atoms with Crippen LogP contribution in [0.25, 0.3) is 10.4 Å². The summed E-state index contributed by atoms with van der Waals surface area (Å²) in [5.74, 6) is 0. The smallest absolute Gasteiger partial charge is 0.398 e. The Bertz CT molecular complexity index is 488. The monoisotopic (exact) mass is 243 g/mol. The minimum Gasteiger partial charge on any atom is -0.398 e. The Morgan fingerprint density at radius 3 is 2.38 bits per heavy atom. The molecule has 0 spiro atoms. The first kappa shape index (κ1) is 11.0. The third-order valence-electron chi connectivity index (χ3n) is 2.16. The summed E-state index contributed by atoms with van der Waals surface area (Å²) in [7, 11) is 0. The van der Waals surface area contributed by atoms with Gasteiger partial charge in [0, 0.05) is 10.6 Å². The van der Waals surface area contributed by atoms with Gasteiger partial charge in [0.15, 0.2) is 0 Å². The number of rotatable bonds is 1. The molecule has 2 rings (SSSR count). The minimum atomic E-state index is -4.39. The molecule has 5 heteroatoms. The van der Waals surface area contributed by atoms with Crippen LogP contribution in [-0.2, 0) is 6.18 Å². The second-order valence-electron chi connectivity index (χ2n) is 3.28. The van der Waals surface area contributed by atoms with Gasteiger partial charge in [0.1, 0.15) is 0 Å². The molecule has 2 N–H and O–H groups in total. The lowest BCUT2D eigenvalue weighted by atomic mass is 10.1. The zero-order chi connectivity index (χ0) is 11.8. The highest BCUT2D eigenvalue weighted by Gasteiger charge is 2.32. The molecular weight excluding hydrogens is 235 g/mol. The molecule has 0 amide bonds. The fourth-order valence-electron chi connectivity index (χ4n) is 1.42. The van der Waals surface area contributed by atoms with Crippen LogP contribution in [0, 0.1) is 0 Å². The molecule has 16 heavy (non-hydrogen) atoms. The normalized spacial score (nSPS) is 11.7. The highest BCUT2D eigenvalue weighted by Crippen LogP contribution is 2.36. The molecule has 0 fully saturated rings. The minimum absolute atomic E-state index is 0.238. The van der Waals surface area contributed by atoms with E-state index in [-0.39, 0.29) is 5.69 Å². The van der Waals surface area contributed by atoms with Crippen molar-refractivity contribution in [2.75, 3.05) is 5.73 Å². The van der Waals surface area contributed by atoms with E-state index in [1.165, 1.54) is 23.5 Å². The Morgan fingerprint density at radius 1 is 1.12 bits per heavy atom. The fraction of sp³-hybridized carbons (Fsp3) is 0.0909. The Morgan fingerprint density at radius 2 is 1.88 bits per heavy atom. The van der Waals surface area contributed by atoms with Gasteiger partial charge in [-0.25, -0.2) is 0 Å². The standard InChI is InChI=1S/C11H8F3NS/c12-11(13,14)8-4-3-7(6-9(8)15)10-2-1-5-16-10/h1-6H,15H2. The Kier molecular flexibility index (Phi) is 2.63. The van der Waals surface area contributed by atoms with Crippen molar-refractivity contribution >= 4 is 17.0 Å². The van der Waals surface area contributed by atoms with Gasteiger partial charge in [0.05, 0.1) is 5.56 Å². The molecule has 0 unspecified atom stereocenters. The number of nitrogens with two attached hydrogens (primary N) is 1. The van der Waals surface area contributed by atoms with Gasteiger partial charge in [-0.3, -0.25) is 0 Å². The van der Waals surface area contributed by atoms with E-state index < -0.39 is 11.7 Å². The topological polar surface area (TPSA) is 26.0 Å². The van der Waals surface area contributed by atoms with Crippen molar-refractivity contribution in [3.05, 3.63) is 41.3 Å². The summed E-state index contributed by atoms with van der Waals surface area (Å²) in [6, 6.07) is 7.49. The number of anilines is 1. The molecule has 1 aromatic carbocycles. The van der Waals surface area contributed by atoms with Crippen LogP contribution in [-0.4, -0.2) is 0 Å². The lowest BCUT2D eigenvalue weighted by molar-refractivity contribution is -0.136. The molecule has 1 nitrogen and oxygen atoms in total. The molecular formula is C11H8F3NS. The maximum atomic E-state index is 12.4. The highest BCUT2D eigenvalue weighted by molar-refractivity contribution is 7.13. The summed E-state index contributed by atoms with van der Waals surface area (Å²) in [5, 5.41) is 1.86. The van der Waals surface area contributed by atoms with E-state index in [0.29, 0.717) is 5.56 Å². The predicted octanol–water partition coefficient (Wildman–Crippen LogP) is 4.02.